The van der Waals surface area contributed by atoms with Crippen molar-refractivity contribution in [2.24, 2.45) is 5.73 Å². The van der Waals surface area contributed by atoms with Crippen LogP contribution in [-0.4, -0.2) is 73.9 Å². The van der Waals surface area contributed by atoms with Gasteiger partial charge in [0, 0.05) is 39.8 Å². The van der Waals surface area contributed by atoms with Gasteiger partial charge >= 0.3 is 5.97 Å². The summed E-state index contributed by atoms with van der Waals surface area (Å²) in [5, 5.41) is 19.0. The molecule has 4 heterocycles. The second kappa shape index (κ2) is 14.6. The third kappa shape index (κ3) is 7.21. The summed E-state index contributed by atoms with van der Waals surface area (Å²) < 4.78 is 21.2. The van der Waals surface area contributed by atoms with Crippen LogP contribution in [0.25, 0.3) is 22.3 Å². The molecular formula is C32H37FN6O7S2. The van der Waals surface area contributed by atoms with Crippen molar-refractivity contribution in [3.8, 4) is 11.4 Å². The van der Waals surface area contributed by atoms with Crippen molar-refractivity contribution >= 4 is 58.1 Å². The van der Waals surface area contributed by atoms with Crippen LogP contribution in [0.5, 0.6) is 0 Å². The summed E-state index contributed by atoms with van der Waals surface area (Å²) in [6.07, 6.45) is -1.57. The first-order valence-electron chi connectivity index (χ1n) is 15.3. The number of hydrogen-bond donors (Lipinski definition) is 5. The predicted octanol–water partition coefficient (Wildman–Crippen LogP) is 1.36. The number of amides is 3. The Balaban J connectivity index is 1.21. The highest BCUT2D eigenvalue weighted by Crippen LogP contribution is 2.39. The van der Waals surface area contributed by atoms with Crippen molar-refractivity contribution in [1.29, 1.82) is 0 Å². The van der Waals surface area contributed by atoms with E-state index in [1.54, 1.807) is 42.3 Å². The fourth-order valence-corrected chi connectivity index (χ4v) is 7.47. The van der Waals surface area contributed by atoms with Crippen molar-refractivity contribution in [3.63, 3.8) is 0 Å². The number of aryl methyl sites for hydroxylation is 1. The average molecular weight is 701 g/mol. The minimum Gasteiger partial charge on any atom is -0.458 e. The minimum atomic E-state index is -1.57. The Bertz CT molecular complexity index is 1870. The number of rotatable bonds is 12. The van der Waals surface area contributed by atoms with Gasteiger partial charge in [0.25, 0.3) is 5.56 Å². The first-order chi connectivity index (χ1) is 22.8. The molecule has 256 valence electrons. The van der Waals surface area contributed by atoms with Crippen molar-refractivity contribution in [3.05, 3.63) is 62.2 Å². The summed E-state index contributed by atoms with van der Waals surface area (Å²) in [6, 6.07) is 2.33. The molecule has 0 unspecified atom stereocenters. The number of aliphatic hydroxyl groups excluding tert-OH is 1. The van der Waals surface area contributed by atoms with Gasteiger partial charge in [-0.05, 0) is 51.0 Å². The van der Waals surface area contributed by atoms with E-state index in [1.165, 1.54) is 31.7 Å². The molecule has 5 rings (SSSR count). The summed E-state index contributed by atoms with van der Waals surface area (Å²) in [5.41, 5.74) is 9.18. The van der Waals surface area contributed by atoms with Crippen LogP contribution >= 0.6 is 23.5 Å². The topological polar surface area (TPSA) is 195 Å². The van der Waals surface area contributed by atoms with Gasteiger partial charge in [0.2, 0.25) is 17.7 Å². The third-order valence-corrected chi connectivity index (χ3v) is 10.3. The van der Waals surface area contributed by atoms with Gasteiger partial charge in [-0.1, -0.05) is 0 Å². The number of thioether (sulfide) groups is 2. The standard InChI is InChI=1S/C32H37FN6O7S2/c1-14-7-18-22(12-47-5-6-48-13-35-29(42)16(3)37-30(43)17(4)36-28(41)15(2)34)20-10-39-25(26(20)38-24(18)9-23(14)33)8-19-21(31(39)44)11-46-32(45)27(19)40/h7-9,15-17,27,40H,5-6,10-13,34H2,1-4H3,(H,35,42)(H,36,41)(H,37,43)/t15-,16-,17-,27-/m0/s1. The monoisotopic (exact) mass is 700 g/mol. The number of carbonyl (C=O) groups is 4. The number of nitrogens with one attached hydrogen (secondary N) is 3. The number of fused-ring (bicyclic) bond motifs is 5. The van der Waals surface area contributed by atoms with Gasteiger partial charge in [-0.15, -0.1) is 11.8 Å². The number of cyclic esters (lactones) is 1. The lowest BCUT2D eigenvalue weighted by molar-refractivity contribution is -0.157. The molecule has 3 aromatic rings. The Morgan fingerprint density at radius 3 is 2.48 bits per heavy atom. The molecule has 2 aromatic heterocycles. The van der Waals surface area contributed by atoms with Crippen LogP contribution in [0.2, 0.25) is 0 Å². The number of nitrogens with two attached hydrogens (primary N) is 1. The molecular weight excluding hydrogens is 664 g/mol. The molecule has 0 fully saturated rings. The number of aromatic nitrogens is 2. The summed E-state index contributed by atoms with van der Waals surface area (Å²) in [7, 11) is 0. The molecule has 48 heavy (non-hydrogen) atoms. The maximum atomic E-state index is 14.7. The quantitative estimate of drug-likeness (QED) is 0.0814. The molecule has 0 bridgehead atoms. The molecule has 0 saturated carbocycles. The molecule has 4 atom stereocenters. The molecule has 16 heteroatoms. The zero-order valence-electron chi connectivity index (χ0n) is 26.8. The maximum Gasteiger partial charge on any atom is 0.340 e. The Labute approximate surface area is 283 Å². The van der Waals surface area contributed by atoms with Gasteiger partial charge in [-0.25, -0.2) is 14.2 Å². The Kier molecular flexibility index (Phi) is 10.8. The van der Waals surface area contributed by atoms with Crippen LogP contribution in [-0.2, 0) is 42.8 Å². The number of pyridine rings is 2. The van der Waals surface area contributed by atoms with Crippen LogP contribution in [0, 0.1) is 12.7 Å². The Morgan fingerprint density at radius 1 is 1.06 bits per heavy atom. The first-order valence-corrected chi connectivity index (χ1v) is 17.6. The number of ether oxygens (including phenoxy) is 1. The van der Waals surface area contributed by atoms with E-state index in [2.05, 4.69) is 16.0 Å². The van der Waals surface area contributed by atoms with Crippen LogP contribution in [0.15, 0.2) is 23.0 Å². The number of nitrogens with zero attached hydrogens (tertiary/aromatic N) is 2. The smallest absolute Gasteiger partial charge is 0.340 e. The molecule has 0 spiro atoms. The molecule has 2 aliphatic rings. The number of esters is 1. The molecule has 0 radical (unpaired) electrons. The zero-order valence-corrected chi connectivity index (χ0v) is 28.5. The molecule has 1 aromatic carbocycles. The number of carbonyl (C=O) groups excluding carboxylic acids is 4. The fraction of sp³-hybridized carbons (Fsp3) is 0.438. The third-order valence-electron chi connectivity index (χ3n) is 8.24. The van der Waals surface area contributed by atoms with Crippen LogP contribution in [0.3, 0.4) is 0 Å². The van der Waals surface area contributed by atoms with E-state index in [1.807, 2.05) is 0 Å². The zero-order chi connectivity index (χ0) is 34.9. The molecule has 2 aliphatic heterocycles. The van der Waals surface area contributed by atoms with Crippen LogP contribution in [0.1, 0.15) is 54.7 Å². The second-order valence-corrected chi connectivity index (χ2v) is 14.0. The first kappa shape index (κ1) is 35.3. The highest BCUT2D eigenvalue weighted by molar-refractivity contribution is 8.02. The van der Waals surface area contributed by atoms with Crippen molar-refractivity contribution in [1.82, 2.24) is 25.5 Å². The lowest BCUT2D eigenvalue weighted by Crippen LogP contribution is -2.53. The number of hydrogen-bond acceptors (Lipinski definition) is 11. The van der Waals surface area contributed by atoms with Crippen LogP contribution < -0.4 is 27.2 Å². The fourth-order valence-electron chi connectivity index (χ4n) is 5.46. The normalized spacial score (nSPS) is 16.6. The predicted molar refractivity (Wildman–Crippen MR) is 180 cm³/mol. The van der Waals surface area contributed by atoms with Gasteiger partial charge in [0.05, 0.1) is 40.9 Å². The van der Waals surface area contributed by atoms with Gasteiger partial charge in [0.1, 0.15) is 24.5 Å². The van der Waals surface area contributed by atoms with Gasteiger partial charge in [-0.3, -0.25) is 19.2 Å². The second-order valence-electron chi connectivity index (χ2n) is 11.8. The number of aliphatic hydroxyl groups is 1. The lowest BCUT2D eigenvalue weighted by atomic mass is 9.98. The highest BCUT2D eigenvalue weighted by atomic mass is 32.2. The SMILES string of the molecule is Cc1cc2c(CSCCSCNC(=O)[C@H](C)NC(=O)[C@H](C)NC(=O)[C@H](C)N)c3c(nc2cc1F)-c1cc2c(c(=O)n1C3)COC(=O)[C@H]2O. The van der Waals surface area contributed by atoms with E-state index in [-0.39, 0.29) is 35.7 Å². The van der Waals surface area contributed by atoms with Gasteiger partial charge < -0.3 is 36.1 Å². The highest BCUT2D eigenvalue weighted by Gasteiger charge is 2.35. The van der Waals surface area contributed by atoms with E-state index in [0.29, 0.717) is 39.9 Å². The summed E-state index contributed by atoms with van der Waals surface area (Å²) in [6.45, 7) is 6.26. The van der Waals surface area contributed by atoms with E-state index < -0.39 is 47.8 Å². The van der Waals surface area contributed by atoms with Crippen LogP contribution in [0.4, 0.5) is 4.39 Å². The molecule has 0 aliphatic carbocycles. The Hall–Kier alpha value is -3.99. The summed E-state index contributed by atoms with van der Waals surface area (Å²) in [4.78, 5) is 66.7. The number of benzene rings is 1. The largest absolute Gasteiger partial charge is 0.458 e. The summed E-state index contributed by atoms with van der Waals surface area (Å²) in [5.74, 6) is -0.270. The number of halogens is 1. The molecule has 6 N–H and O–H groups in total. The lowest BCUT2D eigenvalue weighted by Gasteiger charge is -2.21. The summed E-state index contributed by atoms with van der Waals surface area (Å²) >= 11 is 3.15. The van der Waals surface area contributed by atoms with E-state index in [4.69, 9.17) is 15.5 Å². The van der Waals surface area contributed by atoms with Gasteiger partial charge in [0.15, 0.2) is 6.10 Å². The van der Waals surface area contributed by atoms with Gasteiger partial charge in [-0.2, -0.15) is 11.8 Å². The molecule has 0 saturated heterocycles. The molecule has 3 amide bonds. The maximum absolute atomic E-state index is 14.7. The van der Waals surface area contributed by atoms with Crippen molar-refractivity contribution in [2.45, 2.75) is 70.8 Å². The van der Waals surface area contributed by atoms with Crippen molar-refractivity contribution in [2.75, 3.05) is 17.4 Å². The Morgan fingerprint density at radius 2 is 1.75 bits per heavy atom. The average Bonchev–Trinajstić information content (AvgIpc) is 3.41. The molecule has 13 nitrogen and oxygen atoms in total. The van der Waals surface area contributed by atoms with E-state index >= 15 is 0 Å². The van der Waals surface area contributed by atoms with Crippen molar-refractivity contribution < 1.29 is 33.4 Å². The van der Waals surface area contributed by atoms with E-state index in [0.717, 1.165) is 22.3 Å². The minimum absolute atomic E-state index is 0.198. The van der Waals surface area contributed by atoms with E-state index in [9.17, 15) is 33.5 Å².